The van der Waals surface area contributed by atoms with Gasteiger partial charge in [-0.25, -0.2) is 9.78 Å². The van der Waals surface area contributed by atoms with Gasteiger partial charge in [0.25, 0.3) is 5.91 Å². The Balaban J connectivity index is 1.73. The molecule has 1 amide bonds. The van der Waals surface area contributed by atoms with Crippen molar-refractivity contribution in [2.45, 2.75) is 26.4 Å². The molecule has 0 aliphatic heterocycles. The second kappa shape index (κ2) is 10.2. The number of nitrogens with one attached hydrogen (secondary N) is 1. The molecular weight excluding hydrogens is 398 g/mol. The minimum atomic E-state index is -1.09. The number of hydrogen-bond acceptors (Lipinski definition) is 6. The van der Waals surface area contributed by atoms with Crippen LogP contribution in [0.1, 0.15) is 40.1 Å². The van der Waals surface area contributed by atoms with Crippen molar-refractivity contribution >= 4 is 17.7 Å². The Morgan fingerprint density at radius 1 is 1.03 bits per heavy atom. The Bertz CT molecular complexity index is 1040. The summed E-state index contributed by atoms with van der Waals surface area (Å²) in [5.74, 6) is -0.242. The number of anilines is 1. The number of ether oxygens (including phenoxy) is 2. The van der Waals surface area contributed by atoms with Crippen LogP contribution in [0.15, 0.2) is 61.1 Å². The number of carbonyl (C=O) groups is 2. The molecule has 8 heteroatoms. The van der Waals surface area contributed by atoms with Gasteiger partial charge in [0.1, 0.15) is 17.3 Å². The summed E-state index contributed by atoms with van der Waals surface area (Å²) in [4.78, 5) is 31.6. The molecule has 0 saturated carbocycles. The highest BCUT2D eigenvalue weighted by molar-refractivity contribution is 6.04. The molecule has 3 aromatic rings. The van der Waals surface area contributed by atoms with Crippen LogP contribution in [0.4, 0.5) is 5.82 Å². The number of nitrogens with zero attached hydrogens (tertiary/aromatic N) is 2. The van der Waals surface area contributed by atoms with Crippen molar-refractivity contribution in [3.63, 3.8) is 0 Å². The van der Waals surface area contributed by atoms with Crippen molar-refractivity contribution in [3.8, 4) is 11.5 Å². The van der Waals surface area contributed by atoms with E-state index in [0.29, 0.717) is 30.1 Å². The molecule has 0 radical (unpaired) electrons. The zero-order chi connectivity index (χ0) is 22.2. The van der Waals surface area contributed by atoms with Gasteiger partial charge in [0.15, 0.2) is 0 Å². The van der Waals surface area contributed by atoms with Crippen molar-refractivity contribution in [1.82, 2.24) is 9.97 Å². The first-order valence-electron chi connectivity index (χ1n) is 9.75. The molecule has 0 bridgehead atoms. The second-order valence-corrected chi connectivity index (χ2v) is 7.01. The molecule has 160 valence electrons. The largest absolute Gasteiger partial charge is 0.493 e. The van der Waals surface area contributed by atoms with E-state index in [1.807, 2.05) is 26.0 Å². The van der Waals surface area contributed by atoms with Crippen LogP contribution in [-0.4, -0.2) is 39.7 Å². The number of benzene rings is 1. The second-order valence-electron chi connectivity index (χ2n) is 7.01. The first-order chi connectivity index (χ1) is 14.9. The van der Waals surface area contributed by atoms with Crippen molar-refractivity contribution in [1.29, 1.82) is 0 Å². The maximum Gasteiger partial charge on any atom is 0.337 e. The summed E-state index contributed by atoms with van der Waals surface area (Å²) in [6, 6.07) is 11.6. The molecule has 0 aliphatic rings. The van der Waals surface area contributed by atoms with Gasteiger partial charge in [-0.2, -0.15) is 0 Å². The molecule has 1 aromatic carbocycles. The number of rotatable bonds is 9. The lowest BCUT2D eigenvalue weighted by atomic mass is 10.1. The van der Waals surface area contributed by atoms with E-state index in [1.54, 1.807) is 30.6 Å². The van der Waals surface area contributed by atoms with Crippen molar-refractivity contribution in [3.05, 3.63) is 77.7 Å². The standard InChI is InChI=1S/C23H23N3O5/c1-15(2)31-20-12-18(22(27)26-21-4-3-17(14-25-21)23(28)29)11-19(13-20)30-10-7-16-5-8-24-9-6-16/h3-6,8-9,11-15H,7,10H2,1-2H3,(H,28,29)(H,25,26,27). The first kappa shape index (κ1) is 21.8. The van der Waals surface area contributed by atoms with E-state index in [2.05, 4.69) is 15.3 Å². The van der Waals surface area contributed by atoms with E-state index in [9.17, 15) is 9.59 Å². The smallest absolute Gasteiger partial charge is 0.337 e. The third-order valence-corrected chi connectivity index (χ3v) is 4.17. The number of aromatic carboxylic acids is 1. The van der Waals surface area contributed by atoms with Gasteiger partial charge in [-0.1, -0.05) is 0 Å². The Kier molecular flexibility index (Phi) is 7.16. The van der Waals surface area contributed by atoms with Gasteiger partial charge in [0, 0.05) is 36.6 Å². The maximum absolute atomic E-state index is 12.7. The summed E-state index contributed by atoms with van der Waals surface area (Å²) in [5.41, 5.74) is 1.47. The Labute approximate surface area is 179 Å². The van der Waals surface area contributed by atoms with Crippen LogP contribution in [0.5, 0.6) is 11.5 Å². The lowest BCUT2D eigenvalue weighted by molar-refractivity contribution is 0.0696. The Morgan fingerprint density at radius 2 is 1.77 bits per heavy atom. The molecule has 0 unspecified atom stereocenters. The van der Waals surface area contributed by atoms with Crippen LogP contribution in [0.3, 0.4) is 0 Å². The van der Waals surface area contributed by atoms with E-state index in [1.165, 1.54) is 18.3 Å². The fourth-order valence-electron chi connectivity index (χ4n) is 2.75. The van der Waals surface area contributed by atoms with Crippen LogP contribution in [0.25, 0.3) is 0 Å². The normalized spacial score (nSPS) is 10.5. The summed E-state index contributed by atoms with van der Waals surface area (Å²) in [6.45, 7) is 4.21. The van der Waals surface area contributed by atoms with E-state index < -0.39 is 11.9 Å². The molecule has 8 nitrogen and oxygen atoms in total. The third kappa shape index (κ3) is 6.53. The number of pyridine rings is 2. The molecule has 31 heavy (non-hydrogen) atoms. The molecular formula is C23H23N3O5. The summed E-state index contributed by atoms with van der Waals surface area (Å²) >= 11 is 0. The number of carbonyl (C=O) groups excluding carboxylic acids is 1. The van der Waals surface area contributed by atoms with Crippen LogP contribution < -0.4 is 14.8 Å². The molecule has 3 rings (SSSR count). The van der Waals surface area contributed by atoms with E-state index in [0.717, 1.165) is 5.56 Å². The van der Waals surface area contributed by atoms with Crippen molar-refractivity contribution < 1.29 is 24.2 Å². The van der Waals surface area contributed by atoms with Gasteiger partial charge in [-0.15, -0.1) is 0 Å². The van der Waals surface area contributed by atoms with E-state index >= 15 is 0 Å². The lowest BCUT2D eigenvalue weighted by Crippen LogP contribution is -2.14. The number of hydrogen-bond donors (Lipinski definition) is 2. The maximum atomic E-state index is 12.7. The third-order valence-electron chi connectivity index (χ3n) is 4.17. The zero-order valence-electron chi connectivity index (χ0n) is 17.2. The van der Waals surface area contributed by atoms with Crippen molar-refractivity contribution in [2.75, 3.05) is 11.9 Å². The van der Waals surface area contributed by atoms with Gasteiger partial charge >= 0.3 is 5.97 Å². The molecule has 0 atom stereocenters. The van der Waals surface area contributed by atoms with Gasteiger partial charge in [0.05, 0.1) is 18.3 Å². The van der Waals surface area contributed by atoms with Gasteiger partial charge in [0.2, 0.25) is 0 Å². The highest BCUT2D eigenvalue weighted by Gasteiger charge is 2.13. The van der Waals surface area contributed by atoms with Gasteiger partial charge in [-0.05, 0) is 55.8 Å². The number of carboxylic acids is 1. The van der Waals surface area contributed by atoms with Crippen molar-refractivity contribution in [2.24, 2.45) is 0 Å². The fraction of sp³-hybridized carbons (Fsp3) is 0.217. The summed E-state index contributed by atoms with van der Waals surface area (Å²) in [7, 11) is 0. The van der Waals surface area contributed by atoms with E-state index in [4.69, 9.17) is 14.6 Å². The topological polar surface area (TPSA) is 111 Å². The summed E-state index contributed by atoms with van der Waals surface area (Å²) in [5, 5.41) is 11.6. The van der Waals surface area contributed by atoms with Crippen LogP contribution >= 0.6 is 0 Å². The lowest BCUT2D eigenvalue weighted by Gasteiger charge is -2.14. The van der Waals surface area contributed by atoms with Gasteiger partial charge < -0.3 is 19.9 Å². The average molecular weight is 421 g/mol. The number of carboxylic acid groups (broad SMARTS) is 1. The SMILES string of the molecule is CC(C)Oc1cc(OCCc2ccncc2)cc(C(=O)Nc2ccc(C(=O)O)cn2)c1. The average Bonchev–Trinajstić information content (AvgIpc) is 2.74. The monoisotopic (exact) mass is 421 g/mol. The molecule has 2 heterocycles. The van der Waals surface area contributed by atoms with E-state index in [-0.39, 0.29) is 17.5 Å². The summed E-state index contributed by atoms with van der Waals surface area (Å²) in [6.07, 6.45) is 5.26. The minimum absolute atomic E-state index is 0.0372. The fourth-order valence-corrected chi connectivity index (χ4v) is 2.75. The molecule has 0 saturated heterocycles. The number of amides is 1. The minimum Gasteiger partial charge on any atom is -0.493 e. The molecule has 2 aromatic heterocycles. The molecule has 0 fully saturated rings. The Morgan fingerprint density at radius 3 is 2.42 bits per heavy atom. The molecule has 0 spiro atoms. The predicted molar refractivity (Wildman–Crippen MR) is 115 cm³/mol. The highest BCUT2D eigenvalue weighted by Crippen LogP contribution is 2.25. The van der Waals surface area contributed by atoms with Crippen LogP contribution in [0.2, 0.25) is 0 Å². The van der Waals surface area contributed by atoms with Crippen LogP contribution in [-0.2, 0) is 6.42 Å². The first-order valence-corrected chi connectivity index (χ1v) is 9.75. The Hall–Kier alpha value is -3.94. The number of aromatic nitrogens is 2. The van der Waals surface area contributed by atoms with Gasteiger partial charge in [-0.3, -0.25) is 9.78 Å². The molecule has 0 aliphatic carbocycles. The molecule has 2 N–H and O–H groups in total. The quantitative estimate of drug-likeness (QED) is 0.540. The zero-order valence-corrected chi connectivity index (χ0v) is 17.2. The highest BCUT2D eigenvalue weighted by atomic mass is 16.5. The summed E-state index contributed by atoms with van der Waals surface area (Å²) < 4.78 is 11.6. The predicted octanol–water partition coefficient (Wildman–Crippen LogP) is 3.84. The van der Waals surface area contributed by atoms with Crippen LogP contribution in [0, 0.1) is 0 Å².